The first-order chi connectivity index (χ1) is 10.1. The van der Waals surface area contributed by atoms with E-state index in [9.17, 15) is 13.2 Å². The van der Waals surface area contributed by atoms with Gasteiger partial charge in [-0.15, -0.1) is 0 Å². The molecule has 3 aliphatic rings. The van der Waals surface area contributed by atoms with Gasteiger partial charge in [-0.2, -0.15) is 0 Å². The highest BCUT2D eigenvalue weighted by molar-refractivity contribution is 7.90. The fourth-order valence-electron chi connectivity index (χ4n) is 3.45. The van der Waals surface area contributed by atoms with E-state index in [0.29, 0.717) is 19.6 Å². The molecule has 3 fully saturated rings. The standard InChI is InChI=1S/C15H18N2O3S/c18-15-14-10-16(21(19,20)13-6-7-13)8-11(14)9-17(15)12-4-2-1-3-5-12/h1-5,11,13-14H,6-10H2. The van der Waals surface area contributed by atoms with Crippen molar-refractivity contribution in [1.82, 2.24) is 4.31 Å². The highest BCUT2D eigenvalue weighted by Gasteiger charge is 2.52. The molecule has 0 bridgehead atoms. The highest BCUT2D eigenvalue weighted by Crippen LogP contribution is 2.39. The van der Waals surface area contributed by atoms with Crippen LogP contribution in [0.15, 0.2) is 30.3 Å². The molecular weight excluding hydrogens is 288 g/mol. The number of fused-ring (bicyclic) bond motifs is 1. The number of para-hydroxylation sites is 1. The number of hydrogen-bond acceptors (Lipinski definition) is 3. The number of carbonyl (C=O) groups is 1. The maximum atomic E-state index is 12.5. The second-order valence-corrected chi connectivity index (χ2v) is 8.43. The minimum absolute atomic E-state index is 0.0692. The lowest BCUT2D eigenvalue weighted by Gasteiger charge is -2.21. The second-order valence-electron chi connectivity index (χ2n) is 6.21. The minimum atomic E-state index is -3.15. The Morgan fingerprint density at radius 1 is 1.00 bits per heavy atom. The molecule has 0 aromatic heterocycles. The molecule has 6 heteroatoms. The number of benzene rings is 1. The van der Waals surface area contributed by atoms with Crippen molar-refractivity contribution in [2.45, 2.75) is 18.1 Å². The van der Waals surface area contributed by atoms with E-state index in [1.807, 2.05) is 30.3 Å². The van der Waals surface area contributed by atoms with Gasteiger partial charge >= 0.3 is 0 Å². The molecule has 112 valence electrons. The summed E-state index contributed by atoms with van der Waals surface area (Å²) in [5.41, 5.74) is 0.911. The lowest BCUT2D eigenvalue weighted by Crippen LogP contribution is -2.37. The molecule has 1 aromatic carbocycles. The van der Waals surface area contributed by atoms with Gasteiger partial charge in [-0.1, -0.05) is 18.2 Å². The topological polar surface area (TPSA) is 57.7 Å². The molecule has 2 heterocycles. The van der Waals surface area contributed by atoms with Crippen LogP contribution in [0.5, 0.6) is 0 Å². The number of amides is 1. The summed E-state index contributed by atoms with van der Waals surface area (Å²) in [6.45, 7) is 1.49. The summed E-state index contributed by atoms with van der Waals surface area (Å²) in [6, 6.07) is 9.62. The van der Waals surface area contributed by atoms with E-state index >= 15 is 0 Å². The van der Waals surface area contributed by atoms with Crippen LogP contribution in [0.2, 0.25) is 0 Å². The molecule has 1 amide bonds. The zero-order chi connectivity index (χ0) is 14.6. The van der Waals surface area contributed by atoms with Crippen molar-refractivity contribution in [2.75, 3.05) is 24.5 Å². The third-order valence-electron chi connectivity index (χ3n) is 4.78. The maximum absolute atomic E-state index is 12.5. The molecule has 1 aromatic rings. The fraction of sp³-hybridized carbons (Fsp3) is 0.533. The van der Waals surface area contributed by atoms with Crippen molar-refractivity contribution in [3.8, 4) is 0 Å². The van der Waals surface area contributed by atoms with Crippen LogP contribution >= 0.6 is 0 Å². The number of carbonyl (C=O) groups excluding carboxylic acids is 1. The predicted octanol–water partition coefficient (Wildman–Crippen LogP) is 1.07. The summed E-state index contributed by atoms with van der Waals surface area (Å²) in [6.07, 6.45) is 1.55. The van der Waals surface area contributed by atoms with Crippen LogP contribution in [0.25, 0.3) is 0 Å². The Bertz CT molecular complexity index is 669. The smallest absolute Gasteiger partial charge is 0.231 e. The zero-order valence-corrected chi connectivity index (χ0v) is 12.5. The van der Waals surface area contributed by atoms with Crippen LogP contribution in [-0.2, 0) is 14.8 Å². The summed E-state index contributed by atoms with van der Waals surface area (Å²) >= 11 is 0. The van der Waals surface area contributed by atoms with Gasteiger partial charge in [0.1, 0.15) is 0 Å². The average Bonchev–Trinajstić information content (AvgIpc) is 3.19. The van der Waals surface area contributed by atoms with Crippen LogP contribution in [0.4, 0.5) is 5.69 Å². The maximum Gasteiger partial charge on any atom is 0.231 e. The van der Waals surface area contributed by atoms with Crippen LogP contribution in [0.3, 0.4) is 0 Å². The number of rotatable bonds is 3. The molecule has 0 N–H and O–H groups in total. The first-order valence-corrected chi connectivity index (χ1v) is 8.93. The summed E-state index contributed by atoms with van der Waals surface area (Å²) < 4.78 is 26.1. The Morgan fingerprint density at radius 2 is 1.71 bits per heavy atom. The average molecular weight is 306 g/mol. The number of hydrogen-bond donors (Lipinski definition) is 0. The van der Waals surface area contributed by atoms with Crippen LogP contribution in [0.1, 0.15) is 12.8 Å². The van der Waals surface area contributed by atoms with Gasteiger partial charge in [0.25, 0.3) is 0 Å². The van der Waals surface area contributed by atoms with E-state index in [1.54, 1.807) is 9.21 Å². The van der Waals surface area contributed by atoms with Crippen molar-refractivity contribution in [3.05, 3.63) is 30.3 Å². The second kappa shape index (κ2) is 4.55. The van der Waals surface area contributed by atoms with Crippen LogP contribution in [0, 0.1) is 11.8 Å². The van der Waals surface area contributed by atoms with Gasteiger partial charge in [0.05, 0.1) is 11.2 Å². The van der Waals surface area contributed by atoms with Gasteiger partial charge in [0, 0.05) is 31.2 Å². The predicted molar refractivity (Wildman–Crippen MR) is 79.3 cm³/mol. The van der Waals surface area contributed by atoms with Crippen molar-refractivity contribution in [2.24, 2.45) is 11.8 Å². The van der Waals surface area contributed by atoms with E-state index < -0.39 is 10.0 Å². The lowest BCUT2D eigenvalue weighted by molar-refractivity contribution is -0.120. The Hall–Kier alpha value is -1.40. The van der Waals surface area contributed by atoms with Gasteiger partial charge in [0.15, 0.2) is 0 Å². The molecule has 0 radical (unpaired) electrons. The summed E-state index contributed by atoms with van der Waals surface area (Å²) in [5, 5.41) is -0.184. The van der Waals surface area contributed by atoms with Crippen molar-refractivity contribution in [1.29, 1.82) is 0 Å². The van der Waals surface area contributed by atoms with E-state index in [1.165, 1.54) is 0 Å². The highest BCUT2D eigenvalue weighted by atomic mass is 32.2. The number of sulfonamides is 1. The molecule has 5 nitrogen and oxygen atoms in total. The molecule has 4 rings (SSSR count). The van der Waals surface area contributed by atoms with E-state index in [2.05, 4.69) is 0 Å². The van der Waals surface area contributed by atoms with Crippen molar-refractivity contribution >= 4 is 21.6 Å². The lowest BCUT2D eigenvalue weighted by atomic mass is 10.0. The van der Waals surface area contributed by atoms with E-state index in [4.69, 9.17) is 0 Å². The first kappa shape index (κ1) is 13.3. The monoisotopic (exact) mass is 306 g/mol. The van der Waals surface area contributed by atoms with Gasteiger partial charge in [-0.05, 0) is 25.0 Å². The largest absolute Gasteiger partial charge is 0.312 e. The Balaban J connectivity index is 1.53. The molecule has 1 saturated carbocycles. The number of nitrogens with zero attached hydrogens (tertiary/aromatic N) is 2. The Labute approximate surface area is 124 Å². The van der Waals surface area contributed by atoms with Crippen LogP contribution in [-0.4, -0.2) is 43.5 Å². The van der Waals surface area contributed by atoms with Gasteiger partial charge in [-0.25, -0.2) is 12.7 Å². The summed E-state index contributed by atoms with van der Waals surface area (Å²) in [5.74, 6) is 0.0321. The van der Waals surface area contributed by atoms with E-state index in [0.717, 1.165) is 18.5 Å². The quantitative estimate of drug-likeness (QED) is 0.839. The molecule has 1 aliphatic carbocycles. The van der Waals surface area contributed by atoms with Crippen molar-refractivity contribution < 1.29 is 13.2 Å². The first-order valence-electron chi connectivity index (χ1n) is 7.43. The Morgan fingerprint density at radius 3 is 2.33 bits per heavy atom. The third-order valence-corrected chi connectivity index (χ3v) is 7.11. The molecule has 21 heavy (non-hydrogen) atoms. The Kier molecular flexibility index (Phi) is 2.87. The molecule has 2 saturated heterocycles. The fourth-order valence-corrected chi connectivity index (χ4v) is 5.37. The summed E-state index contributed by atoms with van der Waals surface area (Å²) in [7, 11) is -3.15. The van der Waals surface area contributed by atoms with Crippen molar-refractivity contribution in [3.63, 3.8) is 0 Å². The summed E-state index contributed by atoms with van der Waals surface area (Å²) in [4.78, 5) is 14.4. The molecule has 0 spiro atoms. The normalized spacial score (nSPS) is 29.9. The van der Waals surface area contributed by atoms with Gasteiger partial charge in [-0.3, -0.25) is 4.79 Å². The molecule has 2 atom stereocenters. The third kappa shape index (κ3) is 2.08. The SMILES string of the molecule is O=C1C2CN(S(=O)(=O)C3CC3)CC2CN1c1ccccc1. The number of anilines is 1. The van der Waals surface area contributed by atoms with Crippen LogP contribution < -0.4 is 4.90 Å². The van der Waals surface area contributed by atoms with E-state index in [-0.39, 0.29) is 23.0 Å². The van der Waals surface area contributed by atoms with Gasteiger partial charge < -0.3 is 4.90 Å². The molecule has 2 unspecified atom stereocenters. The minimum Gasteiger partial charge on any atom is -0.312 e. The van der Waals surface area contributed by atoms with Gasteiger partial charge in [0.2, 0.25) is 15.9 Å². The molecular formula is C15H18N2O3S. The zero-order valence-electron chi connectivity index (χ0n) is 11.7. The molecule has 2 aliphatic heterocycles.